The number of aryl methyl sites for hydroxylation is 1. The summed E-state index contributed by atoms with van der Waals surface area (Å²) in [5.74, 6) is -0.285. The Morgan fingerprint density at radius 2 is 1.87 bits per heavy atom. The van der Waals surface area contributed by atoms with Gasteiger partial charge in [-0.1, -0.05) is 78.2 Å². The second kappa shape index (κ2) is 8.25. The fourth-order valence-corrected chi connectivity index (χ4v) is 6.61. The molecule has 4 rings (SSSR count). The molecule has 0 saturated heterocycles. The minimum absolute atomic E-state index is 0.285. The maximum absolute atomic E-state index is 12.8. The van der Waals surface area contributed by atoms with Gasteiger partial charge in [0.1, 0.15) is 4.91 Å². The van der Waals surface area contributed by atoms with E-state index < -0.39 is 0 Å². The lowest BCUT2D eigenvalue weighted by Crippen LogP contribution is -2.43. The van der Waals surface area contributed by atoms with E-state index in [9.17, 15) is 4.79 Å². The van der Waals surface area contributed by atoms with E-state index >= 15 is 0 Å². The summed E-state index contributed by atoms with van der Waals surface area (Å²) in [5, 5.41) is 3.58. The Kier molecular flexibility index (Phi) is 5.84. The number of esters is 1. The van der Waals surface area contributed by atoms with E-state index in [0.717, 1.165) is 36.4 Å². The zero-order valence-corrected chi connectivity index (χ0v) is 19.8. The first-order valence-electron chi connectivity index (χ1n) is 9.82. The molecule has 0 atom stereocenters. The molecule has 0 saturated carbocycles. The molecule has 2 aliphatic heterocycles. The Morgan fingerprint density at radius 3 is 2.57 bits per heavy atom. The molecule has 0 aliphatic carbocycles. The first-order valence-corrected chi connectivity index (χ1v) is 11.9. The summed E-state index contributed by atoms with van der Waals surface area (Å²) in [6.07, 6.45) is 0. The summed E-state index contributed by atoms with van der Waals surface area (Å²) in [6, 6.07) is 16.4. The van der Waals surface area contributed by atoms with E-state index in [1.165, 1.54) is 17.3 Å². The Balaban J connectivity index is 1.87. The van der Waals surface area contributed by atoms with Gasteiger partial charge in [0.15, 0.2) is 0 Å². The first kappa shape index (κ1) is 21.2. The van der Waals surface area contributed by atoms with Crippen molar-refractivity contribution in [3.05, 3.63) is 74.4 Å². The highest BCUT2D eigenvalue weighted by molar-refractivity contribution is 8.32. The molecule has 0 unspecified atom stereocenters. The van der Waals surface area contributed by atoms with Crippen LogP contribution in [0.4, 0.5) is 5.69 Å². The van der Waals surface area contributed by atoms with Crippen molar-refractivity contribution < 1.29 is 9.53 Å². The van der Waals surface area contributed by atoms with Crippen LogP contribution in [0.2, 0.25) is 0 Å². The number of hydrogen-bond donors (Lipinski definition) is 1. The summed E-state index contributed by atoms with van der Waals surface area (Å²) < 4.78 is 6.40. The normalized spacial score (nSPS) is 20.1. The van der Waals surface area contributed by atoms with Crippen LogP contribution in [0.3, 0.4) is 0 Å². The predicted molar refractivity (Wildman–Crippen MR) is 134 cm³/mol. The van der Waals surface area contributed by atoms with Crippen molar-refractivity contribution >= 4 is 62.7 Å². The second-order valence-electron chi connectivity index (χ2n) is 7.74. The number of carbonyl (C=O) groups excluding carboxylic acids is 1. The van der Waals surface area contributed by atoms with Crippen LogP contribution in [-0.2, 0) is 9.53 Å². The van der Waals surface area contributed by atoms with Gasteiger partial charge in [0.2, 0.25) is 0 Å². The van der Waals surface area contributed by atoms with Crippen LogP contribution in [0.1, 0.15) is 37.5 Å². The minimum Gasteiger partial charge on any atom is -0.462 e. The third-order valence-corrected chi connectivity index (χ3v) is 8.32. The lowest BCUT2D eigenvalue weighted by Gasteiger charge is -2.37. The van der Waals surface area contributed by atoms with Crippen molar-refractivity contribution in [1.29, 1.82) is 0 Å². The number of thioether (sulfide) groups is 2. The Hall–Kier alpha value is -2.02. The average Bonchev–Trinajstić information content (AvgIpc) is 3.15. The van der Waals surface area contributed by atoms with Crippen LogP contribution < -0.4 is 5.32 Å². The molecular formula is C24H23NO2S3. The summed E-state index contributed by atoms with van der Waals surface area (Å²) in [4.78, 5) is 15.2. The molecule has 30 heavy (non-hydrogen) atoms. The maximum Gasteiger partial charge on any atom is 0.346 e. The van der Waals surface area contributed by atoms with Crippen LogP contribution in [-0.4, -0.2) is 23.0 Å². The fourth-order valence-electron chi connectivity index (χ4n) is 3.52. The number of rotatable bonds is 3. The smallest absolute Gasteiger partial charge is 0.346 e. The number of carbonyl (C=O) groups is 1. The molecule has 2 aliphatic rings. The summed E-state index contributed by atoms with van der Waals surface area (Å²) >= 11 is 9.02. The van der Waals surface area contributed by atoms with Gasteiger partial charge in [0.05, 0.1) is 16.4 Å². The summed E-state index contributed by atoms with van der Waals surface area (Å²) in [5.41, 5.74) is 5.03. The first-order chi connectivity index (χ1) is 14.3. The maximum atomic E-state index is 12.8. The van der Waals surface area contributed by atoms with Gasteiger partial charge in [-0.15, -0.1) is 0 Å². The van der Waals surface area contributed by atoms with E-state index in [1.807, 2.05) is 37.3 Å². The summed E-state index contributed by atoms with van der Waals surface area (Å²) in [6.45, 7) is 8.46. The van der Waals surface area contributed by atoms with Gasteiger partial charge in [-0.25, -0.2) is 4.79 Å². The zero-order chi connectivity index (χ0) is 21.5. The van der Waals surface area contributed by atoms with Gasteiger partial charge in [-0.3, -0.25) is 0 Å². The molecule has 0 radical (unpaired) electrons. The standard InChI is InChI=1S/C24H23NO2S3/c1-5-27-22(26)20-19(15-9-7-6-8-10-15)29-23(30-20)18-16-12-11-14(2)13-17(16)25-24(3,4)21(18)28/h6-13,25H,5H2,1-4H3/b23-18-. The molecule has 0 fully saturated rings. The van der Waals surface area contributed by atoms with Crippen LogP contribution in [0, 0.1) is 6.92 Å². The monoisotopic (exact) mass is 453 g/mol. The molecule has 3 nitrogen and oxygen atoms in total. The molecule has 0 bridgehead atoms. The number of hydrogen-bond acceptors (Lipinski definition) is 6. The molecule has 6 heteroatoms. The largest absolute Gasteiger partial charge is 0.462 e. The number of ether oxygens (including phenoxy) is 1. The van der Waals surface area contributed by atoms with Gasteiger partial charge in [0.25, 0.3) is 0 Å². The Bertz CT molecular complexity index is 1100. The molecule has 0 aromatic heterocycles. The molecule has 154 valence electrons. The van der Waals surface area contributed by atoms with Crippen molar-refractivity contribution in [2.24, 2.45) is 0 Å². The Labute approximate surface area is 191 Å². The van der Waals surface area contributed by atoms with E-state index in [4.69, 9.17) is 17.0 Å². The van der Waals surface area contributed by atoms with E-state index in [1.54, 1.807) is 11.8 Å². The quantitative estimate of drug-likeness (QED) is 0.319. The van der Waals surface area contributed by atoms with Gasteiger partial charge in [-0.2, -0.15) is 0 Å². The predicted octanol–water partition coefficient (Wildman–Crippen LogP) is 6.65. The zero-order valence-electron chi connectivity index (χ0n) is 17.4. The highest BCUT2D eigenvalue weighted by Gasteiger charge is 2.38. The average molecular weight is 454 g/mol. The third kappa shape index (κ3) is 3.84. The second-order valence-corrected chi connectivity index (χ2v) is 10.4. The molecule has 2 heterocycles. The third-order valence-electron chi connectivity index (χ3n) is 4.98. The molecule has 0 amide bonds. The van der Waals surface area contributed by atoms with Gasteiger partial charge >= 0.3 is 5.97 Å². The highest BCUT2D eigenvalue weighted by Crippen LogP contribution is 2.58. The molecule has 2 aromatic rings. The van der Waals surface area contributed by atoms with Gasteiger partial charge < -0.3 is 10.1 Å². The number of anilines is 1. The lowest BCUT2D eigenvalue weighted by molar-refractivity contribution is -0.137. The number of thiocarbonyl (C=S) groups is 1. The topological polar surface area (TPSA) is 38.3 Å². The minimum atomic E-state index is -0.362. The van der Waals surface area contributed by atoms with Crippen LogP contribution in [0.15, 0.2) is 57.7 Å². The van der Waals surface area contributed by atoms with E-state index in [0.29, 0.717) is 11.5 Å². The lowest BCUT2D eigenvalue weighted by atomic mass is 9.85. The number of benzene rings is 2. The van der Waals surface area contributed by atoms with Crippen molar-refractivity contribution in [2.75, 3.05) is 11.9 Å². The van der Waals surface area contributed by atoms with E-state index in [-0.39, 0.29) is 11.5 Å². The van der Waals surface area contributed by atoms with E-state index in [2.05, 4.69) is 44.3 Å². The van der Waals surface area contributed by atoms with Crippen molar-refractivity contribution in [1.82, 2.24) is 0 Å². The van der Waals surface area contributed by atoms with Crippen LogP contribution >= 0.6 is 35.7 Å². The van der Waals surface area contributed by atoms with Crippen LogP contribution in [0.5, 0.6) is 0 Å². The fraction of sp³-hybridized carbons (Fsp3) is 0.250. The van der Waals surface area contributed by atoms with Crippen molar-refractivity contribution in [3.8, 4) is 0 Å². The highest BCUT2D eigenvalue weighted by atomic mass is 32.2. The molecule has 1 N–H and O–H groups in total. The summed E-state index contributed by atoms with van der Waals surface area (Å²) in [7, 11) is 0. The van der Waals surface area contributed by atoms with Crippen molar-refractivity contribution in [3.63, 3.8) is 0 Å². The molecule has 0 spiro atoms. The number of nitrogens with one attached hydrogen (secondary N) is 1. The molecule has 2 aromatic carbocycles. The molecular weight excluding hydrogens is 430 g/mol. The van der Waals surface area contributed by atoms with Gasteiger partial charge in [0, 0.05) is 26.6 Å². The Morgan fingerprint density at radius 1 is 1.13 bits per heavy atom. The van der Waals surface area contributed by atoms with Gasteiger partial charge in [-0.05, 0) is 44.9 Å². The van der Waals surface area contributed by atoms with Crippen molar-refractivity contribution in [2.45, 2.75) is 33.2 Å². The number of fused-ring (bicyclic) bond motifs is 1. The SMILES string of the molecule is CCOC(=O)C1=C(c2ccccc2)S/C(=C2/C(=S)C(C)(C)Nc3cc(C)ccc32)S1. The van der Waals surface area contributed by atoms with Crippen LogP contribution in [0.25, 0.3) is 10.5 Å².